The fourth-order valence-corrected chi connectivity index (χ4v) is 1.21. The zero-order valence-corrected chi connectivity index (χ0v) is 7.72. The van der Waals surface area contributed by atoms with Gasteiger partial charge in [0.15, 0.2) is 0 Å². The van der Waals surface area contributed by atoms with Crippen LogP contribution in [0.4, 0.5) is 5.69 Å². The van der Waals surface area contributed by atoms with Crippen LogP contribution in [0.15, 0.2) is 18.2 Å². The number of rotatable bonds is 1. The molecule has 0 aromatic heterocycles. The maximum atomic E-state index is 10.9. The number of benzene rings is 1. The van der Waals surface area contributed by atoms with E-state index in [4.69, 9.17) is 6.42 Å². The lowest BCUT2D eigenvalue weighted by Gasteiger charge is -2.03. The summed E-state index contributed by atoms with van der Waals surface area (Å²) in [6.45, 7) is 3.94. The SMILES string of the molecule is C#CC(=O)Nc1cc(C)cc(C)c1. The minimum atomic E-state index is -0.412. The zero-order chi connectivity index (χ0) is 9.84. The molecule has 0 atom stereocenters. The highest BCUT2D eigenvalue weighted by molar-refractivity contribution is 6.03. The number of hydrogen-bond donors (Lipinski definition) is 1. The first-order chi connectivity index (χ1) is 6.11. The van der Waals surface area contributed by atoms with Crippen molar-refractivity contribution in [3.8, 4) is 12.3 Å². The van der Waals surface area contributed by atoms with Gasteiger partial charge in [-0.2, -0.15) is 0 Å². The smallest absolute Gasteiger partial charge is 0.300 e. The van der Waals surface area contributed by atoms with E-state index < -0.39 is 5.91 Å². The quantitative estimate of drug-likeness (QED) is 0.645. The molecule has 0 unspecified atom stereocenters. The summed E-state index contributed by atoms with van der Waals surface area (Å²) in [7, 11) is 0. The van der Waals surface area contributed by atoms with Crippen LogP contribution in [-0.2, 0) is 4.79 Å². The second-order valence-electron chi connectivity index (χ2n) is 2.97. The maximum absolute atomic E-state index is 10.9. The molecule has 0 aliphatic carbocycles. The van der Waals surface area contributed by atoms with Crippen molar-refractivity contribution in [2.45, 2.75) is 13.8 Å². The molecule has 0 aliphatic heterocycles. The Morgan fingerprint density at radius 2 is 1.85 bits per heavy atom. The van der Waals surface area contributed by atoms with Gasteiger partial charge >= 0.3 is 0 Å². The minimum Gasteiger partial charge on any atom is -0.315 e. The molecule has 0 radical (unpaired) electrons. The van der Waals surface area contributed by atoms with Crippen molar-refractivity contribution in [3.05, 3.63) is 29.3 Å². The van der Waals surface area contributed by atoms with Gasteiger partial charge in [0.05, 0.1) is 0 Å². The van der Waals surface area contributed by atoms with Crippen LogP contribution in [-0.4, -0.2) is 5.91 Å². The highest BCUT2D eigenvalue weighted by atomic mass is 16.1. The molecule has 0 saturated heterocycles. The summed E-state index contributed by atoms with van der Waals surface area (Å²) in [5.41, 5.74) is 2.96. The molecule has 1 N–H and O–H groups in total. The number of anilines is 1. The molecule has 1 rings (SSSR count). The first-order valence-corrected chi connectivity index (χ1v) is 3.97. The van der Waals surface area contributed by atoms with Crippen molar-refractivity contribution in [1.82, 2.24) is 0 Å². The van der Waals surface area contributed by atoms with Gasteiger partial charge in [0, 0.05) is 5.69 Å². The van der Waals surface area contributed by atoms with Crippen LogP contribution >= 0.6 is 0 Å². The van der Waals surface area contributed by atoms with Crippen LogP contribution < -0.4 is 5.32 Å². The summed E-state index contributed by atoms with van der Waals surface area (Å²) in [5.74, 6) is 1.59. The van der Waals surface area contributed by atoms with E-state index in [2.05, 4.69) is 5.32 Å². The van der Waals surface area contributed by atoms with E-state index in [-0.39, 0.29) is 0 Å². The minimum absolute atomic E-state index is 0.412. The van der Waals surface area contributed by atoms with Crippen LogP contribution in [0.3, 0.4) is 0 Å². The van der Waals surface area contributed by atoms with Crippen LogP contribution in [0.5, 0.6) is 0 Å². The topological polar surface area (TPSA) is 29.1 Å². The predicted octanol–water partition coefficient (Wildman–Crippen LogP) is 1.88. The van der Waals surface area contributed by atoms with Gasteiger partial charge in [-0.15, -0.1) is 6.42 Å². The molecule has 1 aromatic rings. The molecule has 66 valence electrons. The molecule has 0 saturated carbocycles. The predicted molar refractivity (Wildman–Crippen MR) is 53.4 cm³/mol. The Hall–Kier alpha value is -1.75. The zero-order valence-electron chi connectivity index (χ0n) is 7.72. The normalized spacial score (nSPS) is 9.00. The van der Waals surface area contributed by atoms with Gasteiger partial charge in [-0.05, 0) is 43.0 Å². The third-order valence-corrected chi connectivity index (χ3v) is 1.61. The van der Waals surface area contributed by atoms with Gasteiger partial charge in [0.1, 0.15) is 0 Å². The Morgan fingerprint density at radius 1 is 1.31 bits per heavy atom. The van der Waals surface area contributed by atoms with Crippen molar-refractivity contribution < 1.29 is 4.79 Å². The van der Waals surface area contributed by atoms with E-state index in [1.54, 1.807) is 0 Å². The number of nitrogens with one attached hydrogen (secondary N) is 1. The number of aryl methyl sites for hydroxylation is 2. The molecule has 0 fully saturated rings. The van der Waals surface area contributed by atoms with Crippen molar-refractivity contribution in [3.63, 3.8) is 0 Å². The van der Waals surface area contributed by atoms with Crippen molar-refractivity contribution >= 4 is 11.6 Å². The fourth-order valence-electron chi connectivity index (χ4n) is 1.21. The summed E-state index contributed by atoms with van der Waals surface area (Å²) in [4.78, 5) is 10.9. The van der Waals surface area contributed by atoms with E-state index >= 15 is 0 Å². The van der Waals surface area contributed by atoms with Crippen molar-refractivity contribution in [2.75, 3.05) is 5.32 Å². The lowest BCUT2D eigenvalue weighted by Crippen LogP contribution is -2.08. The summed E-state index contributed by atoms with van der Waals surface area (Å²) in [5, 5.41) is 2.60. The molecule has 0 spiro atoms. The molecule has 0 aliphatic rings. The first-order valence-electron chi connectivity index (χ1n) is 3.97. The van der Waals surface area contributed by atoms with Gasteiger partial charge in [-0.1, -0.05) is 6.07 Å². The van der Waals surface area contributed by atoms with Crippen molar-refractivity contribution in [1.29, 1.82) is 0 Å². The molecule has 13 heavy (non-hydrogen) atoms. The number of terminal acetylenes is 1. The van der Waals surface area contributed by atoms with Crippen LogP contribution in [0, 0.1) is 26.2 Å². The Bertz CT molecular complexity index is 354. The molecular formula is C11H11NO. The van der Waals surface area contributed by atoms with Crippen LogP contribution in [0.25, 0.3) is 0 Å². The van der Waals surface area contributed by atoms with Crippen molar-refractivity contribution in [2.24, 2.45) is 0 Å². The second-order valence-corrected chi connectivity index (χ2v) is 2.97. The third-order valence-electron chi connectivity index (χ3n) is 1.61. The highest BCUT2D eigenvalue weighted by Crippen LogP contribution is 2.13. The van der Waals surface area contributed by atoms with Gasteiger partial charge < -0.3 is 5.32 Å². The van der Waals surface area contributed by atoms with Gasteiger partial charge in [-0.25, -0.2) is 0 Å². The number of carbonyl (C=O) groups excluding carboxylic acids is 1. The Balaban J connectivity index is 2.91. The first kappa shape index (κ1) is 9.34. The molecule has 0 heterocycles. The summed E-state index contributed by atoms with van der Waals surface area (Å²) in [6, 6.07) is 5.79. The van der Waals surface area contributed by atoms with Gasteiger partial charge in [0.2, 0.25) is 0 Å². The maximum Gasteiger partial charge on any atom is 0.300 e. The Morgan fingerprint density at radius 3 is 2.31 bits per heavy atom. The molecular weight excluding hydrogens is 162 g/mol. The van der Waals surface area contributed by atoms with E-state index in [1.807, 2.05) is 38.0 Å². The standard InChI is InChI=1S/C11H11NO/c1-4-11(13)12-10-6-8(2)5-9(3)7-10/h1,5-7H,2-3H3,(H,12,13). The largest absolute Gasteiger partial charge is 0.315 e. The number of carbonyl (C=O) groups is 1. The molecule has 2 heteroatoms. The molecule has 0 bridgehead atoms. The summed E-state index contributed by atoms with van der Waals surface area (Å²) in [6.07, 6.45) is 4.93. The lowest BCUT2D eigenvalue weighted by molar-refractivity contribution is -0.111. The van der Waals surface area contributed by atoms with Crippen LogP contribution in [0.2, 0.25) is 0 Å². The van der Waals surface area contributed by atoms with E-state index in [1.165, 1.54) is 0 Å². The van der Waals surface area contributed by atoms with Crippen LogP contribution in [0.1, 0.15) is 11.1 Å². The number of hydrogen-bond acceptors (Lipinski definition) is 1. The second kappa shape index (κ2) is 3.77. The highest BCUT2D eigenvalue weighted by Gasteiger charge is 1.98. The molecule has 1 amide bonds. The monoisotopic (exact) mass is 173 g/mol. The van der Waals surface area contributed by atoms with E-state index in [0.29, 0.717) is 0 Å². The van der Waals surface area contributed by atoms with Gasteiger partial charge in [-0.3, -0.25) is 4.79 Å². The summed E-state index contributed by atoms with van der Waals surface area (Å²) >= 11 is 0. The van der Waals surface area contributed by atoms with E-state index in [0.717, 1.165) is 16.8 Å². The van der Waals surface area contributed by atoms with E-state index in [9.17, 15) is 4.79 Å². The lowest BCUT2D eigenvalue weighted by atomic mass is 10.1. The summed E-state index contributed by atoms with van der Waals surface area (Å²) < 4.78 is 0. The Labute approximate surface area is 78.0 Å². The molecule has 1 aromatic carbocycles. The third kappa shape index (κ3) is 2.64. The fraction of sp³-hybridized carbons (Fsp3) is 0.182. The average Bonchev–Trinajstić information content (AvgIpc) is 2.02. The van der Waals surface area contributed by atoms with Gasteiger partial charge in [0.25, 0.3) is 5.91 Å². The Kier molecular flexibility index (Phi) is 2.71. The molecule has 2 nitrogen and oxygen atoms in total. The average molecular weight is 173 g/mol. The number of amides is 1.